The van der Waals surface area contributed by atoms with Gasteiger partial charge in [-0.3, -0.25) is 4.79 Å². The molecule has 8 nitrogen and oxygen atoms in total. The van der Waals surface area contributed by atoms with Crippen LogP contribution in [-0.2, 0) is 16.0 Å². The Morgan fingerprint density at radius 3 is 2.52 bits per heavy atom. The second kappa shape index (κ2) is 6.03. The normalized spacial score (nSPS) is 12.4. The molecule has 0 atom stereocenters. The van der Waals surface area contributed by atoms with Crippen molar-refractivity contribution in [3.63, 3.8) is 0 Å². The van der Waals surface area contributed by atoms with Crippen LogP contribution in [0.15, 0.2) is 6.20 Å². The van der Waals surface area contributed by atoms with Crippen LogP contribution in [0.4, 0.5) is 23.5 Å². The lowest BCUT2D eigenvalue weighted by Crippen LogP contribution is -2.41. The zero-order valence-corrected chi connectivity index (χ0v) is 10.3. The number of alkyl halides is 4. The van der Waals surface area contributed by atoms with E-state index in [-0.39, 0.29) is 5.69 Å². The third-order valence-corrected chi connectivity index (χ3v) is 2.19. The molecular weight excluding hydrogens is 304 g/mol. The maximum absolute atomic E-state index is 13.4. The third kappa shape index (κ3) is 4.98. The zero-order chi connectivity index (χ0) is 16.3. The number of nitrogens with one attached hydrogen (secondary N) is 1. The molecule has 0 radical (unpaired) electrons. The second-order valence-electron chi connectivity index (χ2n) is 4.07. The van der Waals surface area contributed by atoms with Crippen LogP contribution in [0.25, 0.3) is 0 Å². The highest BCUT2D eigenvalue weighted by atomic mass is 19.3. The largest absolute Gasteiger partial charge is 0.432 e. The van der Waals surface area contributed by atoms with Gasteiger partial charge in [-0.25, -0.2) is 13.8 Å². The number of aromatic amines is 1. The molecule has 1 aromatic rings. The number of ether oxygens (including phenoxy) is 1. The summed E-state index contributed by atoms with van der Waals surface area (Å²) in [5.74, 6) is -10.4. The van der Waals surface area contributed by atoms with Crippen molar-refractivity contribution in [1.29, 1.82) is 0 Å². The third-order valence-electron chi connectivity index (χ3n) is 2.19. The number of rotatable bonds is 8. The molecule has 1 rings (SSSR count). The number of imidazole rings is 1. The van der Waals surface area contributed by atoms with Gasteiger partial charge in [-0.2, -0.15) is 8.78 Å². The van der Waals surface area contributed by atoms with Gasteiger partial charge in [0.05, 0.1) is 6.42 Å². The number of primary amides is 1. The van der Waals surface area contributed by atoms with Crippen molar-refractivity contribution in [2.45, 2.75) is 18.3 Å². The molecule has 118 valence electrons. The molecule has 1 aromatic heterocycles. The van der Waals surface area contributed by atoms with E-state index in [1.807, 2.05) is 0 Å². The molecule has 21 heavy (non-hydrogen) atoms. The van der Waals surface area contributed by atoms with Crippen molar-refractivity contribution in [2.24, 2.45) is 5.73 Å². The number of amides is 1. The van der Waals surface area contributed by atoms with Gasteiger partial charge in [-0.05, 0) is 4.92 Å². The molecule has 0 aromatic carbocycles. The predicted molar refractivity (Wildman–Crippen MR) is 58.9 cm³/mol. The highest BCUT2D eigenvalue weighted by molar-refractivity contribution is 5.81. The van der Waals surface area contributed by atoms with Crippen LogP contribution in [0.5, 0.6) is 0 Å². The summed E-state index contributed by atoms with van der Waals surface area (Å²) in [5, 5.41) is 10.3. The van der Waals surface area contributed by atoms with Crippen molar-refractivity contribution in [2.75, 3.05) is 13.2 Å². The zero-order valence-electron chi connectivity index (χ0n) is 10.3. The van der Waals surface area contributed by atoms with Gasteiger partial charge >= 0.3 is 11.9 Å². The quantitative estimate of drug-likeness (QED) is 0.414. The Kier molecular flexibility index (Phi) is 4.83. The summed E-state index contributed by atoms with van der Waals surface area (Å²) in [7, 11) is 0. The Bertz CT molecular complexity index is 534. The molecule has 0 aliphatic carbocycles. The monoisotopic (exact) mass is 314 g/mol. The van der Waals surface area contributed by atoms with Crippen molar-refractivity contribution in [3.05, 3.63) is 22.0 Å². The fraction of sp³-hybridized carbons (Fsp3) is 0.556. The molecule has 0 spiro atoms. The number of nitro groups is 1. The number of hydrogen-bond donors (Lipinski definition) is 2. The van der Waals surface area contributed by atoms with Gasteiger partial charge in [-0.1, -0.05) is 4.98 Å². The summed E-state index contributed by atoms with van der Waals surface area (Å²) in [6.07, 6.45) is -0.163. The predicted octanol–water partition coefficient (Wildman–Crippen LogP) is 0.633. The van der Waals surface area contributed by atoms with E-state index in [2.05, 4.69) is 20.4 Å². The van der Waals surface area contributed by atoms with Gasteiger partial charge < -0.3 is 20.6 Å². The van der Waals surface area contributed by atoms with E-state index in [0.29, 0.717) is 0 Å². The number of carbonyl (C=O) groups is 1. The van der Waals surface area contributed by atoms with E-state index in [1.54, 1.807) is 0 Å². The van der Waals surface area contributed by atoms with Crippen LogP contribution < -0.4 is 5.73 Å². The average molecular weight is 314 g/mol. The van der Waals surface area contributed by atoms with Gasteiger partial charge in [0.25, 0.3) is 11.8 Å². The Balaban J connectivity index is 2.53. The maximum Gasteiger partial charge on any atom is 0.432 e. The summed E-state index contributed by atoms with van der Waals surface area (Å²) in [4.78, 5) is 25.0. The van der Waals surface area contributed by atoms with Gasteiger partial charge in [0.15, 0.2) is 5.69 Å². The number of aromatic nitrogens is 2. The molecule has 0 unspecified atom stereocenters. The summed E-state index contributed by atoms with van der Waals surface area (Å²) >= 11 is 0. The first-order valence-corrected chi connectivity index (χ1v) is 5.35. The van der Waals surface area contributed by atoms with Crippen molar-refractivity contribution in [3.8, 4) is 0 Å². The molecule has 12 heteroatoms. The number of halogens is 4. The van der Waals surface area contributed by atoms with Crippen molar-refractivity contribution >= 4 is 11.9 Å². The van der Waals surface area contributed by atoms with Gasteiger partial charge in [0.2, 0.25) is 0 Å². The van der Waals surface area contributed by atoms with Gasteiger partial charge in [0, 0.05) is 0 Å². The van der Waals surface area contributed by atoms with Crippen LogP contribution >= 0.6 is 0 Å². The van der Waals surface area contributed by atoms with Crippen LogP contribution in [0.2, 0.25) is 0 Å². The standard InChI is InChI=1S/C9H10F4N4O4/c10-8(11,3-21-4-9(12,13)6(14)18)1-5-2-15-7(16-5)17(19)20/h2H,1,3-4H2,(H2,14,18)(H,15,16). The van der Waals surface area contributed by atoms with E-state index >= 15 is 0 Å². The van der Waals surface area contributed by atoms with Gasteiger partial charge in [0.1, 0.15) is 19.4 Å². The minimum atomic E-state index is -4.05. The molecule has 0 saturated heterocycles. The van der Waals surface area contributed by atoms with Crippen molar-refractivity contribution < 1.29 is 32.0 Å². The number of nitrogens with two attached hydrogens (primary N) is 1. The molecule has 0 fully saturated rings. The topological polar surface area (TPSA) is 124 Å². The molecular formula is C9H10F4N4O4. The minimum Gasteiger partial charge on any atom is -0.390 e. The number of nitrogens with zero attached hydrogens (tertiary/aromatic N) is 2. The maximum atomic E-state index is 13.4. The lowest BCUT2D eigenvalue weighted by atomic mass is 10.2. The second-order valence-corrected chi connectivity index (χ2v) is 4.07. The van der Waals surface area contributed by atoms with Crippen LogP contribution in [0.3, 0.4) is 0 Å². The molecule has 0 aliphatic rings. The highest BCUT2D eigenvalue weighted by Gasteiger charge is 2.39. The first kappa shape index (κ1) is 16.8. The Morgan fingerprint density at radius 1 is 1.43 bits per heavy atom. The fourth-order valence-corrected chi connectivity index (χ4v) is 1.25. The molecule has 3 N–H and O–H groups in total. The number of carbonyl (C=O) groups excluding carboxylic acids is 1. The van der Waals surface area contributed by atoms with E-state index < -0.39 is 48.3 Å². The van der Waals surface area contributed by atoms with Crippen LogP contribution in [0.1, 0.15) is 5.69 Å². The summed E-state index contributed by atoms with van der Waals surface area (Å²) in [6.45, 7) is -3.00. The smallest absolute Gasteiger partial charge is 0.390 e. The average Bonchev–Trinajstić information content (AvgIpc) is 2.75. The van der Waals surface area contributed by atoms with Crippen LogP contribution in [-0.4, -0.2) is 45.9 Å². The molecule has 0 bridgehead atoms. The Labute approximate surface area is 114 Å². The van der Waals surface area contributed by atoms with E-state index in [0.717, 1.165) is 6.20 Å². The first-order chi connectivity index (χ1) is 9.53. The summed E-state index contributed by atoms with van der Waals surface area (Å²) in [6, 6.07) is 0. The lowest BCUT2D eigenvalue weighted by Gasteiger charge is -2.17. The summed E-state index contributed by atoms with van der Waals surface area (Å²) in [5.41, 5.74) is 4.00. The Hall–Kier alpha value is -2.24. The highest BCUT2D eigenvalue weighted by Crippen LogP contribution is 2.22. The first-order valence-electron chi connectivity index (χ1n) is 5.35. The van der Waals surface area contributed by atoms with Crippen LogP contribution in [0, 0.1) is 10.1 Å². The fourth-order valence-electron chi connectivity index (χ4n) is 1.25. The van der Waals surface area contributed by atoms with Gasteiger partial charge in [-0.15, -0.1) is 0 Å². The number of H-pyrrole nitrogens is 1. The summed E-state index contributed by atoms with van der Waals surface area (Å²) < 4.78 is 56.3. The number of hydrogen-bond acceptors (Lipinski definition) is 5. The molecule has 1 amide bonds. The van der Waals surface area contributed by atoms with E-state index in [1.165, 1.54) is 0 Å². The van der Waals surface area contributed by atoms with E-state index in [9.17, 15) is 32.5 Å². The van der Waals surface area contributed by atoms with Crippen molar-refractivity contribution in [1.82, 2.24) is 9.97 Å². The SMILES string of the molecule is NC(=O)C(F)(F)COCC(F)(F)Cc1c[nH]c([N+](=O)[O-])n1. The van der Waals surface area contributed by atoms with E-state index in [4.69, 9.17) is 0 Å². The molecule has 0 aliphatic heterocycles. The minimum absolute atomic E-state index is 0.336. The Morgan fingerprint density at radius 2 is 2.05 bits per heavy atom. The lowest BCUT2D eigenvalue weighted by molar-refractivity contribution is -0.393. The molecule has 1 heterocycles. The molecule has 0 saturated carbocycles.